The Labute approximate surface area is 143 Å². The lowest BCUT2D eigenvalue weighted by atomic mass is 10.0. The number of likely N-dealkylation sites (N-methyl/N-ethyl adjacent to an activating group) is 1. The molecule has 6 heteroatoms. The summed E-state index contributed by atoms with van der Waals surface area (Å²) in [6.45, 7) is 6.75. The lowest BCUT2D eigenvalue weighted by molar-refractivity contribution is -0.140. The van der Waals surface area contributed by atoms with Crippen molar-refractivity contribution in [3.63, 3.8) is 0 Å². The van der Waals surface area contributed by atoms with Crippen molar-refractivity contribution in [1.82, 2.24) is 15.1 Å². The van der Waals surface area contributed by atoms with Crippen LogP contribution in [0.4, 0.5) is 0 Å². The van der Waals surface area contributed by atoms with Gasteiger partial charge in [-0.05, 0) is 26.1 Å². The number of benzene rings is 1. The average molecular weight is 333 g/mol. The van der Waals surface area contributed by atoms with E-state index in [9.17, 15) is 9.59 Å². The second-order valence-corrected chi connectivity index (χ2v) is 6.05. The first-order valence-electron chi connectivity index (χ1n) is 8.46. The monoisotopic (exact) mass is 333 g/mol. The van der Waals surface area contributed by atoms with Crippen molar-refractivity contribution in [3.8, 4) is 0 Å². The number of rotatable bonds is 6. The molecule has 1 aromatic rings. The van der Waals surface area contributed by atoms with Gasteiger partial charge in [0.25, 0.3) is 0 Å². The molecule has 6 nitrogen and oxygen atoms in total. The minimum Gasteiger partial charge on any atom is -0.378 e. The van der Waals surface area contributed by atoms with Gasteiger partial charge in [0.05, 0.1) is 13.2 Å². The van der Waals surface area contributed by atoms with Gasteiger partial charge >= 0.3 is 0 Å². The molecule has 2 amide bonds. The molecule has 0 saturated carbocycles. The smallest absolute Gasteiger partial charge is 0.245 e. The van der Waals surface area contributed by atoms with E-state index in [-0.39, 0.29) is 11.8 Å². The second kappa shape index (κ2) is 8.80. The molecule has 132 valence electrons. The number of nitrogens with one attached hydrogen (secondary N) is 1. The third kappa shape index (κ3) is 4.55. The molecule has 0 aromatic heterocycles. The maximum absolute atomic E-state index is 12.8. The summed E-state index contributed by atoms with van der Waals surface area (Å²) in [5.41, 5.74) is 0.922. The van der Waals surface area contributed by atoms with Gasteiger partial charge in [-0.3, -0.25) is 14.5 Å². The summed E-state index contributed by atoms with van der Waals surface area (Å²) in [5, 5.41) is 2.88. The standard InChI is InChI=1S/C18H27N3O3/c1-4-20(3)16(15-8-6-5-7-9-15)17(22)19-14(2)18(23)21-10-12-24-13-11-21/h5-9,14,16H,4,10-13H2,1-3H3,(H,19,22)/t14-,16-/m1/s1. The number of ether oxygens (including phenoxy) is 1. The van der Waals surface area contributed by atoms with Crippen LogP contribution < -0.4 is 5.32 Å². The highest BCUT2D eigenvalue weighted by molar-refractivity contribution is 5.90. The minimum absolute atomic E-state index is 0.0578. The van der Waals surface area contributed by atoms with Crippen molar-refractivity contribution in [1.29, 1.82) is 0 Å². The van der Waals surface area contributed by atoms with Crippen molar-refractivity contribution in [2.24, 2.45) is 0 Å². The Kier molecular flexibility index (Phi) is 6.75. The third-order valence-electron chi connectivity index (χ3n) is 4.36. The molecule has 1 N–H and O–H groups in total. The number of nitrogens with zero attached hydrogens (tertiary/aromatic N) is 2. The van der Waals surface area contributed by atoms with E-state index in [0.717, 1.165) is 12.1 Å². The summed E-state index contributed by atoms with van der Waals surface area (Å²) in [7, 11) is 1.91. The van der Waals surface area contributed by atoms with E-state index < -0.39 is 12.1 Å². The van der Waals surface area contributed by atoms with Crippen molar-refractivity contribution in [2.45, 2.75) is 25.9 Å². The molecule has 0 spiro atoms. The second-order valence-electron chi connectivity index (χ2n) is 6.05. The van der Waals surface area contributed by atoms with Crippen molar-refractivity contribution < 1.29 is 14.3 Å². The molecular weight excluding hydrogens is 306 g/mol. The Hall–Kier alpha value is -1.92. The lowest BCUT2D eigenvalue weighted by Gasteiger charge is -2.31. The number of morpholine rings is 1. The van der Waals surface area contributed by atoms with E-state index in [4.69, 9.17) is 4.74 Å². The van der Waals surface area contributed by atoms with Crippen LogP contribution in [0.3, 0.4) is 0 Å². The number of hydrogen-bond acceptors (Lipinski definition) is 4. The van der Waals surface area contributed by atoms with Crippen LogP contribution in [0.2, 0.25) is 0 Å². The lowest BCUT2D eigenvalue weighted by Crippen LogP contribution is -2.52. The average Bonchev–Trinajstić information content (AvgIpc) is 2.62. The number of carbonyl (C=O) groups is 2. The molecule has 1 heterocycles. The molecule has 1 fully saturated rings. The fraction of sp³-hybridized carbons (Fsp3) is 0.556. The summed E-state index contributed by atoms with van der Waals surface area (Å²) < 4.78 is 5.26. The summed E-state index contributed by atoms with van der Waals surface area (Å²) >= 11 is 0. The molecule has 1 aromatic carbocycles. The largest absolute Gasteiger partial charge is 0.378 e. The highest BCUT2D eigenvalue weighted by atomic mass is 16.5. The maximum Gasteiger partial charge on any atom is 0.245 e. The van der Waals surface area contributed by atoms with Gasteiger partial charge in [0.2, 0.25) is 11.8 Å². The predicted octanol–water partition coefficient (Wildman–Crippen LogP) is 1.04. The number of hydrogen-bond donors (Lipinski definition) is 1. The van der Waals surface area contributed by atoms with E-state index in [1.54, 1.807) is 11.8 Å². The zero-order chi connectivity index (χ0) is 17.5. The van der Waals surface area contributed by atoms with Gasteiger partial charge in [0.1, 0.15) is 12.1 Å². The predicted molar refractivity (Wildman–Crippen MR) is 92.5 cm³/mol. The van der Waals surface area contributed by atoms with E-state index in [1.165, 1.54) is 0 Å². The first-order valence-corrected chi connectivity index (χ1v) is 8.46. The first-order chi connectivity index (χ1) is 11.5. The van der Waals surface area contributed by atoms with Gasteiger partial charge in [0, 0.05) is 13.1 Å². The van der Waals surface area contributed by atoms with Crippen LogP contribution >= 0.6 is 0 Å². The maximum atomic E-state index is 12.8. The molecular formula is C18H27N3O3. The van der Waals surface area contributed by atoms with Crippen LogP contribution in [0, 0.1) is 0 Å². The Morgan fingerprint density at radius 3 is 2.46 bits per heavy atom. The molecule has 0 radical (unpaired) electrons. The quantitative estimate of drug-likeness (QED) is 0.845. The normalized spacial score (nSPS) is 17.4. The molecule has 0 unspecified atom stereocenters. The Bertz CT molecular complexity index is 544. The van der Waals surface area contributed by atoms with Crippen LogP contribution in [0.5, 0.6) is 0 Å². The summed E-state index contributed by atoms with van der Waals surface area (Å²) in [4.78, 5) is 29.0. The van der Waals surface area contributed by atoms with E-state index in [0.29, 0.717) is 26.3 Å². The molecule has 2 rings (SSSR count). The molecule has 1 aliphatic rings. The van der Waals surface area contributed by atoms with E-state index in [1.807, 2.05) is 49.2 Å². The zero-order valence-corrected chi connectivity index (χ0v) is 14.7. The summed E-state index contributed by atoms with van der Waals surface area (Å²) in [6.07, 6.45) is 0. The topological polar surface area (TPSA) is 61.9 Å². The van der Waals surface area contributed by atoms with Gasteiger partial charge in [-0.1, -0.05) is 37.3 Å². The summed E-state index contributed by atoms with van der Waals surface area (Å²) in [6, 6.07) is 8.68. The number of carbonyl (C=O) groups excluding carboxylic acids is 2. The van der Waals surface area contributed by atoms with Crippen molar-refractivity contribution >= 4 is 11.8 Å². The van der Waals surface area contributed by atoms with Crippen LogP contribution in [-0.2, 0) is 14.3 Å². The van der Waals surface area contributed by atoms with Crippen LogP contribution in [0.1, 0.15) is 25.5 Å². The highest BCUT2D eigenvalue weighted by Gasteiger charge is 2.29. The van der Waals surface area contributed by atoms with Crippen LogP contribution in [-0.4, -0.2) is 67.6 Å². The van der Waals surface area contributed by atoms with Gasteiger partial charge < -0.3 is 15.0 Å². The van der Waals surface area contributed by atoms with E-state index >= 15 is 0 Å². The number of amides is 2. The van der Waals surface area contributed by atoms with Crippen LogP contribution in [0.25, 0.3) is 0 Å². The zero-order valence-electron chi connectivity index (χ0n) is 14.7. The van der Waals surface area contributed by atoms with Gasteiger partial charge in [-0.25, -0.2) is 0 Å². The fourth-order valence-corrected chi connectivity index (χ4v) is 2.84. The Morgan fingerprint density at radius 2 is 1.88 bits per heavy atom. The first kappa shape index (κ1) is 18.4. The molecule has 24 heavy (non-hydrogen) atoms. The Morgan fingerprint density at radius 1 is 1.25 bits per heavy atom. The molecule has 0 bridgehead atoms. The molecule has 0 aliphatic carbocycles. The van der Waals surface area contributed by atoms with Gasteiger partial charge in [0.15, 0.2) is 0 Å². The minimum atomic E-state index is -0.549. The van der Waals surface area contributed by atoms with Crippen molar-refractivity contribution in [3.05, 3.63) is 35.9 Å². The van der Waals surface area contributed by atoms with Crippen molar-refractivity contribution in [2.75, 3.05) is 39.9 Å². The van der Waals surface area contributed by atoms with Crippen LogP contribution in [0.15, 0.2) is 30.3 Å². The Balaban J connectivity index is 2.05. The summed E-state index contributed by atoms with van der Waals surface area (Å²) in [5.74, 6) is -0.211. The fourth-order valence-electron chi connectivity index (χ4n) is 2.84. The third-order valence-corrected chi connectivity index (χ3v) is 4.36. The van der Waals surface area contributed by atoms with E-state index in [2.05, 4.69) is 5.32 Å². The SMILES string of the molecule is CCN(C)[C@@H](C(=O)N[C@H](C)C(=O)N1CCOCC1)c1ccccc1. The molecule has 2 atom stereocenters. The van der Waals surface area contributed by atoms with Gasteiger partial charge in [-0.15, -0.1) is 0 Å². The molecule has 1 aliphatic heterocycles. The van der Waals surface area contributed by atoms with Gasteiger partial charge in [-0.2, -0.15) is 0 Å². The highest BCUT2D eigenvalue weighted by Crippen LogP contribution is 2.19. The molecule has 1 saturated heterocycles.